The highest BCUT2D eigenvalue weighted by Gasteiger charge is 2.22. The minimum absolute atomic E-state index is 0.298. The second-order valence-electron chi connectivity index (χ2n) is 1.92. The summed E-state index contributed by atoms with van der Waals surface area (Å²) in [6, 6.07) is 0. The number of hydrogen-bond donors (Lipinski definition) is 2. The normalized spacial score (nSPS) is 15.6. The quantitative estimate of drug-likeness (QED) is 0.497. The molecule has 1 unspecified atom stereocenters. The lowest BCUT2D eigenvalue weighted by molar-refractivity contribution is 0.359. The van der Waals surface area contributed by atoms with Gasteiger partial charge in [-0.3, -0.25) is 4.57 Å². The maximum Gasteiger partial charge on any atom is 0.328 e. The molecule has 0 aromatic carbocycles. The Labute approximate surface area is 59.2 Å². The van der Waals surface area contributed by atoms with Crippen LogP contribution in [0.25, 0.3) is 0 Å². The largest absolute Gasteiger partial charge is 0.328 e. The SMILES string of the molecule is CC(CCCl)P(=O)(O)O. The summed E-state index contributed by atoms with van der Waals surface area (Å²) < 4.78 is 10.4. The molecule has 2 N–H and O–H groups in total. The van der Waals surface area contributed by atoms with Crippen LogP contribution in [0.15, 0.2) is 0 Å². The first-order valence-electron chi connectivity index (χ1n) is 2.59. The van der Waals surface area contributed by atoms with E-state index in [-0.39, 0.29) is 0 Å². The van der Waals surface area contributed by atoms with Gasteiger partial charge >= 0.3 is 7.60 Å². The van der Waals surface area contributed by atoms with Crippen molar-refractivity contribution >= 4 is 19.2 Å². The molecule has 0 bridgehead atoms. The lowest BCUT2D eigenvalue weighted by Gasteiger charge is -2.10. The van der Waals surface area contributed by atoms with E-state index in [4.69, 9.17) is 21.4 Å². The summed E-state index contributed by atoms with van der Waals surface area (Å²) in [4.78, 5) is 16.9. The highest BCUT2D eigenvalue weighted by Crippen LogP contribution is 2.42. The zero-order valence-corrected chi connectivity index (χ0v) is 6.77. The Balaban J connectivity index is 3.74. The fraction of sp³-hybridized carbons (Fsp3) is 1.00. The van der Waals surface area contributed by atoms with Crippen LogP contribution < -0.4 is 0 Å². The van der Waals surface area contributed by atoms with Crippen LogP contribution in [0.3, 0.4) is 0 Å². The second kappa shape index (κ2) is 3.57. The summed E-state index contributed by atoms with van der Waals surface area (Å²) in [5.74, 6) is 0.298. The van der Waals surface area contributed by atoms with Crippen molar-refractivity contribution in [3.05, 3.63) is 0 Å². The van der Waals surface area contributed by atoms with Gasteiger partial charge in [0.05, 0.1) is 5.66 Å². The van der Waals surface area contributed by atoms with E-state index in [0.717, 1.165) is 0 Å². The van der Waals surface area contributed by atoms with Gasteiger partial charge in [0.2, 0.25) is 0 Å². The van der Waals surface area contributed by atoms with E-state index in [9.17, 15) is 4.57 Å². The first-order chi connectivity index (χ1) is 3.98. The summed E-state index contributed by atoms with van der Waals surface area (Å²) in [5.41, 5.74) is -0.602. The fourth-order valence-electron chi connectivity index (χ4n) is 0.326. The van der Waals surface area contributed by atoms with Gasteiger partial charge < -0.3 is 9.79 Å². The lowest BCUT2D eigenvalue weighted by atomic mass is 10.4. The maximum atomic E-state index is 10.4. The van der Waals surface area contributed by atoms with Gasteiger partial charge in [0.15, 0.2) is 0 Å². The molecule has 0 aromatic heterocycles. The van der Waals surface area contributed by atoms with Crippen LogP contribution in [-0.2, 0) is 4.57 Å². The molecule has 56 valence electrons. The van der Waals surface area contributed by atoms with Crippen molar-refractivity contribution in [2.75, 3.05) is 5.88 Å². The van der Waals surface area contributed by atoms with Gasteiger partial charge in [-0.2, -0.15) is 0 Å². The summed E-state index contributed by atoms with van der Waals surface area (Å²) in [5, 5.41) is 0. The third kappa shape index (κ3) is 3.93. The molecular weight excluding hydrogens is 162 g/mol. The van der Waals surface area contributed by atoms with E-state index >= 15 is 0 Å². The van der Waals surface area contributed by atoms with Crippen LogP contribution in [0.1, 0.15) is 13.3 Å². The van der Waals surface area contributed by atoms with E-state index in [1.54, 1.807) is 0 Å². The standard InChI is InChI=1S/C4H10ClO3P/c1-4(2-3-5)9(6,7)8/h4H,2-3H2,1H3,(H2,6,7,8). The van der Waals surface area contributed by atoms with Gasteiger partial charge in [0.1, 0.15) is 0 Å². The third-order valence-corrected chi connectivity index (χ3v) is 2.73. The molecule has 9 heavy (non-hydrogen) atoms. The lowest BCUT2D eigenvalue weighted by Crippen LogP contribution is -2.02. The zero-order chi connectivity index (χ0) is 7.49. The van der Waals surface area contributed by atoms with Crippen molar-refractivity contribution in [2.45, 2.75) is 19.0 Å². The molecule has 0 aromatic rings. The van der Waals surface area contributed by atoms with Gasteiger partial charge in [-0.1, -0.05) is 6.92 Å². The van der Waals surface area contributed by atoms with Crippen LogP contribution in [0.2, 0.25) is 0 Å². The summed E-state index contributed by atoms with van der Waals surface area (Å²) in [6.07, 6.45) is 0.367. The van der Waals surface area contributed by atoms with Crippen molar-refractivity contribution in [2.24, 2.45) is 0 Å². The molecule has 0 heterocycles. The van der Waals surface area contributed by atoms with Crippen molar-refractivity contribution in [1.29, 1.82) is 0 Å². The Morgan fingerprint density at radius 2 is 2.11 bits per heavy atom. The zero-order valence-electron chi connectivity index (χ0n) is 5.12. The smallest absolute Gasteiger partial charge is 0.324 e. The third-order valence-electron chi connectivity index (χ3n) is 1.10. The Kier molecular flexibility index (Phi) is 3.74. The number of hydrogen-bond acceptors (Lipinski definition) is 1. The van der Waals surface area contributed by atoms with E-state index in [1.165, 1.54) is 6.92 Å². The van der Waals surface area contributed by atoms with E-state index in [0.29, 0.717) is 12.3 Å². The molecule has 0 aliphatic heterocycles. The highest BCUT2D eigenvalue weighted by molar-refractivity contribution is 7.52. The average Bonchev–Trinajstić information content (AvgIpc) is 1.64. The molecule has 0 spiro atoms. The minimum Gasteiger partial charge on any atom is -0.324 e. The molecule has 0 aliphatic carbocycles. The van der Waals surface area contributed by atoms with Crippen LogP contribution in [-0.4, -0.2) is 21.3 Å². The predicted molar refractivity (Wildman–Crippen MR) is 36.8 cm³/mol. The van der Waals surface area contributed by atoms with E-state index in [1.807, 2.05) is 0 Å². The molecule has 0 aliphatic rings. The Bertz CT molecular complexity index is 121. The summed E-state index contributed by atoms with van der Waals surface area (Å²) >= 11 is 5.26. The Morgan fingerprint density at radius 1 is 1.67 bits per heavy atom. The summed E-state index contributed by atoms with van der Waals surface area (Å²) in [6.45, 7) is 1.49. The first-order valence-corrected chi connectivity index (χ1v) is 4.81. The van der Waals surface area contributed by atoms with Crippen LogP contribution in [0.5, 0.6) is 0 Å². The Morgan fingerprint density at radius 3 is 2.22 bits per heavy atom. The molecule has 3 nitrogen and oxygen atoms in total. The van der Waals surface area contributed by atoms with E-state index < -0.39 is 13.3 Å². The van der Waals surface area contributed by atoms with Crippen molar-refractivity contribution < 1.29 is 14.4 Å². The molecule has 0 fully saturated rings. The van der Waals surface area contributed by atoms with Crippen LogP contribution >= 0.6 is 19.2 Å². The Hall–Kier alpha value is 0.440. The molecule has 5 heteroatoms. The molecule has 0 saturated heterocycles. The number of alkyl halides is 1. The molecule has 0 saturated carbocycles. The number of halogens is 1. The molecule has 1 atom stereocenters. The van der Waals surface area contributed by atoms with Crippen LogP contribution in [0, 0.1) is 0 Å². The maximum absolute atomic E-state index is 10.4. The monoisotopic (exact) mass is 172 g/mol. The topological polar surface area (TPSA) is 57.5 Å². The summed E-state index contributed by atoms with van der Waals surface area (Å²) in [7, 11) is -3.86. The van der Waals surface area contributed by atoms with Gasteiger partial charge in [-0.05, 0) is 6.42 Å². The fourth-order valence-corrected chi connectivity index (χ4v) is 1.27. The average molecular weight is 173 g/mol. The highest BCUT2D eigenvalue weighted by atomic mass is 35.5. The van der Waals surface area contributed by atoms with E-state index in [2.05, 4.69) is 0 Å². The van der Waals surface area contributed by atoms with Crippen molar-refractivity contribution in [3.8, 4) is 0 Å². The van der Waals surface area contributed by atoms with Crippen molar-refractivity contribution in [3.63, 3.8) is 0 Å². The van der Waals surface area contributed by atoms with Crippen molar-refractivity contribution in [1.82, 2.24) is 0 Å². The number of rotatable bonds is 3. The van der Waals surface area contributed by atoms with Gasteiger partial charge in [0.25, 0.3) is 0 Å². The van der Waals surface area contributed by atoms with Gasteiger partial charge in [-0.25, -0.2) is 0 Å². The first kappa shape index (κ1) is 9.44. The second-order valence-corrected chi connectivity index (χ2v) is 4.35. The predicted octanol–water partition coefficient (Wildman–Crippen LogP) is 1.18. The molecule has 0 radical (unpaired) electrons. The molecular formula is C4H10ClO3P. The van der Waals surface area contributed by atoms with Gasteiger partial charge in [-0.15, -0.1) is 11.6 Å². The molecule has 0 rings (SSSR count). The van der Waals surface area contributed by atoms with Crippen LogP contribution in [0.4, 0.5) is 0 Å². The molecule has 0 amide bonds. The minimum atomic E-state index is -3.86. The van der Waals surface area contributed by atoms with Gasteiger partial charge in [0, 0.05) is 5.88 Å².